The number of allylic oxidation sites excluding steroid dienone is 3. The Morgan fingerprint density at radius 2 is 2.13 bits per heavy atom. The lowest BCUT2D eigenvalue weighted by Gasteiger charge is -2.36. The Morgan fingerprint density at radius 1 is 1.33 bits per heavy atom. The van der Waals surface area contributed by atoms with Crippen LogP contribution in [-0.4, -0.2) is 0 Å². The number of rotatable bonds is 1. The minimum atomic E-state index is 0.490. The maximum Gasteiger partial charge on any atom is -0.00787 e. The molecule has 3 aliphatic carbocycles. The molecule has 82 valence electrons. The van der Waals surface area contributed by atoms with E-state index >= 15 is 0 Å². The van der Waals surface area contributed by atoms with E-state index in [-0.39, 0.29) is 0 Å². The lowest BCUT2D eigenvalue weighted by Crippen LogP contribution is -2.30. The zero-order valence-corrected chi connectivity index (χ0v) is 10.00. The Kier molecular flexibility index (Phi) is 1.80. The van der Waals surface area contributed by atoms with Crippen molar-refractivity contribution in [1.82, 2.24) is 0 Å². The van der Waals surface area contributed by atoms with E-state index in [9.17, 15) is 0 Å². The lowest BCUT2D eigenvalue weighted by atomic mass is 9.68. The van der Waals surface area contributed by atoms with Crippen molar-refractivity contribution in [2.24, 2.45) is 28.6 Å². The lowest BCUT2D eigenvalue weighted by molar-refractivity contribution is 0.148. The molecule has 0 aliphatic heterocycles. The van der Waals surface area contributed by atoms with Gasteiger partial charge in [-0.3, -0.25) is 0 Å². The highest BCUT2D eigenvalue weighted by atomic mass is 14.6. The van der Waals surface area contributed by atoms with Gasteiger partial charge in [0.25, 0.3) is 0 Å². The van der Waals surface area contributed by atoms with E-state index in [1.54, 1.807) is 0 Å². The molecule has 2 saturated carbocycles. The van der Waals surface area contributed by atoms with E-state index in [0.717, 1.165) is 17.8 Å². The summed E-state index contributed by atoms with van der Waals surface area (Å²) in [4.78, 5) is 0. The van der Waals surface area contributed by atoms with Crippen molar-refractivity contribution in [3.05, 3.63) is 24.8 Å². The molecule has 0 heteroatoms. The molecule has 0 spiro atoms. The average Bonchev–Trinajstić information content (AvgIpc) is 2.76. The highest BCUT2D eigenvalue weighted by molar-refractivity contribution is 5.21. The van der Waals surface area contributed by atoms with Gasteiger partial charge in [0.15, 0.2) is 0 Å². The van der Waals surface area contributed by atoms with Gasteiger partial charge in [0.1, 0.15) is 0 Å². The van der Waals surface area contributed by atoms with Gasteiger partial charge in [-0.2, -0.15) is 0 Å². The summed E-state index contributed by atoms with van der Waals surface area (Å²) in [7, 11) is 0. The van der Waals surface area contributed by atoms with E-state index in [0.29, 0.717) is 10.8 Å². The molecule has 0 N–H and O–H groups in total. The van der Waals surface area contributed by atoms with Crippen molar-refractivity contribution >= 4 is 0 Å². The maximum atomic E-state index is 4.14. The van der Waals surface area contributed by atoms with E-state index in [1.165, 1.54) is 25.7 Å². The molecular formula is C15H22. The summed E-state index contributed by atoms with van der Waals surface area (Å²) in [6.07, 6.45) is 12.7. The largest absolute Gasteiger partial charge is 0.103 e. The molecule has 3 rings (SSSR count). The molecule has 0 aromatic carbocycles. The molecule has 15 heavy (non-hydrogen) atoms. The number of hydrogen-bond donors (Lipinski definition) is 0. The molecule has 0 nitrogen and oxygen atoms in total. The van der Waals surface area contributed by atoms with Crippen LogP contribution in [0, 0.1) is 28.6 Å². The second-order valence-electron chi connectivity index (χ2n) is 6.60. The van der Waals surface area contributed by atoms with Gasteiger partial charge in [0.2, 0.25) is 0 Å². The first-order valence-corrected chi connectivity index (χ1v) is 6.39. The molecule has 4 atom stereocenters. The minimum absolute atomic E-state index is 0.490. The predicted molar refractivity (Wildman–Crippen MR) is 64.5 cm³/mol. The van der Waals surface area contributed by atoms with Crippen LogP contribution in [0.4, 0.5) is 0 Å². The summed E-state index contributed by atoms with van der Waals surface area (Å²) in [5.74, 6) is 2.69. The fourth-order valence-electron chi connectivity index (χ4n) is 4.96. The third-order valence-electron chi connectivity index (χ3n) is 5.49. The van der Waals surface area contributed by atoms with Crippen LogP contribution in [0.2, 0.25) is 0 Å². The first-order chi connectivity index (χ1) is 7.09. The molecule has 0 aromatic rings. The molecule has 0 saturated heterocycles. The summed E-state index contributed by atoms with van der Waals surface area (Å²) >= 11 is 0. The van der Waals surface area contributed by atoms with Gasteiger partial charge in [-0.25, -0.2) is 0 Å². The standard InChI is InChI=1S/C15H22/c1-4-15-9-8-14(2,3)13(15)12-7-5-6-11(12)10-15/h4-6,11-13H,1,7-10H2,2-3H3/t11-,12-,13-,15-/m0/s1. The van der Waals surface area contributed by atoms with Crippen molar-refractivity contribution < 1.29 is 0 Å². The molecule has 0 bridgehead atoms. The summed E-state index contributed by atoms with van der Waals surface area (Å²) in [5, 5.41) is 0. The molecule has 0 amide bonds. The van der Waals surface area contributed by atoms with E-state index < -0.39 is 0 Å². The third-order valence-corrected chi connectivity index (χ3v) is 5.49. The van der Waals surface area contributed by atoms with Gasteiger partial charge in [0, 0.05) is 0 Å². The Morgan fingerprint density at radius 3 is 2.87 bits per heavy atom. The third kappa shape index (κ3) is 1.08. The van der Waals surface area contributed by atoms with Crippen LogP contribution in [0.5, 0.6) is 0 Å². The Bertz CT molecular complexity index is 323. The van der Waals surface area contributed by atoms with Crippen LogP contribution in [-0.2, 0) is 0 Å². The summed E-state index contributed by atoms with van der Waals surface area (Å²) in [6, 6.07) is 0. The van der Waals surface area contributed by atoms with Crippen LogP contribution in [0.1, 0.15) is 39.5 Å². The normalized spacial score (nSPS) is 50.4. The van der Waals surface area contributed by atoms with Crippen LogP contribution < -0.4 is 0 Å². The summed E-state index contributed by atoms with van der Waals surface area (Å²) in [6.45, 7) is 9.10. The molecule has 0 radical (unpaired) electrons. The monoisotopic (exact) mass is 202 g/mol. The molecule has 3 aliphatic rings. The van der Waals surface area contributed by atoms with Gasteiger partial charge < -0.3 is 0 Å². The van der Waals surface area contributed by atoms with Crippen LogP contribution in [0.15, 0.2) is 24.8 Å². The molecule has 2 fully saturated rings. The van der Waals surface area contributed by atoms with Crippen molar-refractivity contribution in [3.63, 3.8) is 0 Å². The van der Waals surface area contributed by atoms with Crippen molar-refractivity contribution in [2.75, 3.05) is 0 Å². The smallest absolute Gasteiger partial charge is 0.00787 e. The van der Waals surface area contributed by atoms with E-state index in [4.69, 9.17) is 0 Å². The van der Waals surface area contributed by atoms with Crippen LogP contribution in [0.25, 0.3) is 0 Å². The number of hydrogen-bond acceptors (Lipinski definition) is 0. The molecule has 0 aromatic heterocycles. The highest BCUT2D eigenvalue weighted by Crippen LogP contribution is 2.68. The molecular weight excluding hydrogens is 180 g/mol. The quantitative estimate of drug-likeness (QED) is 0.559. The fourth-order valence-corrected chi connectivity index (χ4v) is 4.96. The van der Waals surface area contributed by atoms with Crippen LogP contribution >= 0.6 is 0 Å². The van der Waals surface area contributed by atoms with Gasteiger partial charge in [-0.15, -0.1) is 6.58 Å². The highest BCUT2D eigenvalue weighted by Gasteiger charge is 2.60. The Hall–Kier alpha value is -0.520. The van der Waals surface area contributed by atoms with E-state index in [1.807, 2.05) is 0 Å². The summed E-state index contributed by atoms with van der Waals surface area (Å²) in [5.41, 5.74) is 1.03. The second kappa shape index (κ2) is 2.78. The second-order valence-corrected chi connectivity index (χ2v) is 6.60. The Balaban J connectivity index is 2.03. The fraction of sp³-hybridized carbons (Fsp3) is 0.733. The van der Waals surface area contributed by atoms with Gasteiger partial charge >= 0.3 is 0 Å². The topological polar surface area (TPSA) is 0 Å². The summed E-state index contributed by atoms with van der Waals surface area (Å²) < 4.78 is 0. The van der Waals surface area contributed by atoms with Crippen molar-refractivity contribution in [2.45, 2.75) is 39.5 Å². The minimum Gasteiger partial charge on any atom is -0.103 e. The SMILES string of the molecule is C=C[C@@]12CCC(C)(C)[C@@H]1[C@H]1CC=C[C@H]1C2. The first-order valence-electron chi connectivity index (χ1n) is 6.39. The predicted octanol–water partition coefficient (Wildman–Crippen LogP) is 4.19. The molecule has 0 heterocycles. The van der Waals surface area contributed by atoms with Gasteiger partial charge in [-0.05, 0) is 54.3 Å². The molecule has 0 unspecified atom stereocenters. The number of fused-ring (bicyclic) bond motifs is 3. The van der Waals surface area contributed by atoms with Crippen molar-refractivity contribution in [1.29, 1.82) is 0 Å². The Labute approximate surface area is 93.5 Å². The van der Waals surface area contributed by atoms with Crippen LogP contribution in [0.3, 0.4) is 0 Å². The van der Waals surface area contributed by atoms with Gasteiger partial charge in [0.05, 0.1) is 0 Å². The first kappa shape index (κ1) is 9.69. The zero-order valence-electron chi connectivity index (χ0n) is 10.00. The zero-order chi connectivity index (χ0) is 10.7. The van der Waals surface area contributed by atoms with E-state index in [2.05, 4.69) is 38.7 Å². The van der Waals surface area contributed by atoms with Gasteiger partial charge in [-0.1, -0.05) is 32.1 Å². The van der Waals surface area contributed by atoms with Crippen molar-refractivity contribution in [3.8, 4) is 0 Å². The average molecular weight is 202 g/mol. The maximum absolute atomic E-state index is 4.14.